The number of carbonyl (C=O) groups is 1. The molecule has 3 N–H and O–H groups in total. The summed E-state index contributed by atoms with van der Waals surface area (Å²) in [6, 6.07) is 7.82. The molecule has 0 aliphatic carbocycles. The SMILES string of the molecule is CN(C(=O)Cc1c[nH]c2ccccc12)[C@@H]1CNC[C@H]1O. The summed E-state index contributed by atoms with van der Waals surface area (Å²) in [7, 11) is 1.76. The van der Waals surface area contributed by atoms with Gasteiger partial charge < -0.3 is 20.3 Å². The number of β-amino-alcohol motifs (C(OH)–C–C–N with tert-alkyl or cyclic N) is 1. The molecule has 0 bridgehead atoms. The van der Waals surface area contributed by atoms with Crippen LogP contribution >= 0.6 is 0 Å². The number of nitrogens with one attached hydrogen (secondary N) is 2. The molecule has 1 aromatic carbocycles. The maximum absolute atomic E-state index is 12.4. The highest BCUT2D eigenvalue weighted by Gasteiger charge is 2.31. The minimum Gasteiger partial charge on any atom is -0.390 e. The van der Waals surface area contributed by atoms with E-state index in [9.17, 15) is 9.90 Å². The van der Waals surface area contributed by atoms with Gasteiger partial charge in [0.05, 0.1) is 18.6 Å². The molecule has 1 aliphatic heterocycles. The van der Waals surface area contributed by atoms with Crippen LogP contribution in [0, 0.1) is 0 Å². The quantitative estimate of drug-likeness (QED) is 0.763. The maximum atomic E-state index is 12.4. The molecule has 20 heavy (non-hydrogen) atoms. The molecule has 1 amide bonds. The average Bonchev–Trinajstić information content (AvgIpc) is 3.05. The van der Waals surface area contributed by atoms with Crippen molar-refractivity contribution in [2.75, 3.05) is 20.1 Å². The molecule has 0 spiro atoms. The predicted molar refractivity (Wildman–Crippen MR) is 77.4 cm³/mol. The first-order chi connectivity index (χ1) is 9.66. The largest absolute Gasteiger partial charge is 0.390 e. The Kier molecular flexibility index (Phi) is 3.46. The third-order valence-corrected chi connectivity index (χ3v) is 4.06. The number of fused-ring (bicyclic) bond motifs is 1. The van der Waals surface area contributed by atoms with E-state index in [0.717, 1.165) is 16.5 Å². The van der Waals surface area contributed by atoms with E-state index in [2.05, 4.69) is 10.3 Å². The Balaban J connectivity index is 1.75. The molecule has 1 aliphatic rings. The Bertz CT molecular complexity index is 622. The lowest BCUT2D eigenvalue weighted by molar-refractivity contribution is -0.132. The summed E-state index contributed by atoms with van der Waals surface area (Å²) in [5, 5.41) is 14.0. The fraction of sp³-hybridized carbons (Fsp3) is 0.400. The average molecular weight is 273 g/mol. The van der Waals surface area contributed by atoms with E-state index in [1.54, 1.807) is 11.9 Å². The lowest BCUT2D eigenvalue weighted by atomic mass is 10.1. The predicted octanol–water partition coefficient (Wildman–Crippen LogP) is 0.501. The molecule has 2 atom stereocenters. The summed E-state index contributed by atoms with van der Waals surface area (Å²) in [5.41, 5.74) is 2.04. The number of H-pyrrole nitrogens is 1. The molecule has 1 saturated heterocycles. The topological polar surface area (TPSA) is 68.4 Å². The Morgan fingerprint density at radius 3 is 2.95 bits per heavy atom. The second-order valence-electron chi connectivity index (χ2n) is 5.33. The Hall–Kier alpha value is -1.85. The van der Waals surface area contributed by atoms with E-state index in [1.165, 1.54) is 0 Å². The zero-order valence-corrected chi connectivity index (χ0v) is 11.5. The number of hydrogen-bond acceptors (Lipinski definition) is 3. The summed E-state index contributed by atoms with van der Waals surface area (Å²) in [4.78, 5) is 17.2. The van der Waals surface area contributed by atoms with Gasteiger partial charge >= 0.3 is 0 Å². The molecule has 3 rings (SSSR count). The summed E-state index contributed by atoms with van der Waals surface area (Å²) in [5.74, 6) is 0.0301. The number of benzene rings is 1. The summed E-state index contributed by atoms with van der Waals surface area (Å²) >= 11 is 0. The van der Waals surface area contributed by atoms with Crippen LogP contribution in [-0.4, -0.2) is 53.2 Å². The number of rotatable bonds is 3. The Labute approximate surface area is 117 Å². The number of aliphatic hydroxyl groups is 1. The number of amides is 1. The second kappa shape index (κ2) is 5.26. The summed E-state index contributed by atoms with van der Waals surface area (Å²) < 4.78 is 0. The highest BCUT2D eigenvalue weighted by atomic mass is 16.3. The monoisotopic (exact) mass is 273 g/mol. The number of hydrogen-bond donors (Lipinski definition) is 3. The van der Waals surface area contributed by atoms with Crippen molar-refractivity contribution >= 4 is 16.8 Å². The third-order valence-electron chi connectivity index (χ3n) is 4.06. The van der Waals surface area contributed by atoms with Crippen molar-refractivity contribution in [1.82, 2.24) is 15.2 Å². The van der Waals surface area contributed by atoms with Crippen molar-refractivity contribution < 1.29 is 9.90 Å². The van der Waals surface area contributed by atoms with Crippen molar-refractivity contribution in [1.29, 1.82) is 0 Å². The summed E-state index contributed by atoms with van der Waals surface area (Å²) in [6.45, 7) is 1.20. The van der Waals surface area contributed by atoms with Gasteiger partial charge in [-0.15, -0.1) is 0 Å². The fourth-order valence-corrected chi connectivity index (χ4v) is 2.80. The zero-order valence-electron chi connectivity index (χ0n) is 11.5. The molecule has 106 valence electrons. The smallest absolute Gasteiger partial charge is 0.227 e. The van der Waals surface area contributed by atoms with Crippen LogP contribution in [-0.2, 0) is 11.2 Å². The molecule has 1 fully saturated rings. The van der Waals surface area contributed by atoms with Gasteiger partial charge in [-0.3, -0.25) is 4.79 Å². The fourth-order valence-electron chi connectivity index (χ4n) is 2.80. The van der Waals surface area contributed by atoms with Crippen LogP contribution in [0.2, 0.25) is 0 Å². The van der Waals surface area contributed by atoms with Gasteiger partial charge in [0.25, 0.3) is 0 Å². The Morgan fingerprint density at radius 2 is 2.20 bits per heavy atom. The van der Waals surface area contributed by atoms with Crippen LogP contribution in [0.5, 0.6) is 0 Å². The molecule has 2 aromatic rings. The van der Waals surface area contributed by atoms with E-state index < -0.39 is 6.10 Å². The van der Waals surface area contributed by atoms with Gasteiger partial charge in [0, 0.05) is 37.2 Å². The van der Waals surface area contributed by atoms with Gasteiger partial charge in [0.1, 0.15) is 0 Å². The minimum atomic E-state index is -0.480. The minimum absolute atomic E-state index is 0.0301. The zero-order chi connectivity index (χ0) is 14.1. The molecule has 0 radical (unpaired) electrons. The first-order valence-electron chi connectivity index (χ1n) is 6.86. The maximum Gasteiger partial charge on any atom is 0.227 e. The van der Waals surface area contributed by atoms with Crippen molar-refractivity contribution in [2.45, 2.75) is 18.6 Å². The second-order valence-corrected chi connectivity index (χ2v) is 5.33. The molecule has 5 heteroatoms. The standard InChI is InChI=1S/C15H19N3O2/c1-18(13-8-16-9-14(13)19)15(20)6-10-7-17-12-5-3-2-4-11(10)12/h2-5,7,13-14,16-17,19H,6,8-9H2,1H3/t13-,14-/m1/s1. The first-order valence-corrected chi connectivity index (χ1v) is 6.86. The van der Waals surface area contributed by atoms with Gasteiger partial charge in [-0.05, 0) is 11.6 Å². The van der Waals surface area contributed by atoms with Crippen molar-refractivity contribution in [3.8, 4) is 0 Å². The highest BCUT2D eigenvalue weighted by Crippen LogP contribution is 2.19. The number of likely N-dealkylation sites (N-methyl/N-ethyl adjacent to an activating group) is 1. The van der Waals surface area contributed by atoms with Crippen molar-refractivity contribution in [2.24, 2.45) is 0 Å². The molecule has 0 saturated carbocycles. The van der Waals surface area contributed by atoms with Gasteiger partial charge in [0.15, 0.2) is 0 Å². The third kappa shape index (κ3) is 2.30. The number of para-hydroxylation sites is 1. The molecular weight excluding hydrogens is 254 g/mol. The Morgan fingerprint density at radius 1 is 1.40 bits per heavy atom. The van der Waals surface area contributed by atoms with E-state index in [1.807, 2.05) is 30.5 Å². The van der Waals surface area contributed by atoms with Gasteiger partial charge in [-0.25, -0.2) is 0 Å². The summed E-state index contributed by atoms with van der Waals surface area (Å²) in [6.07, 6.45) is 1.76. The van der Waals surface area contributed by atoms with Crippen LogP contribution in [0.3, 0.4) is 0 Å². The van der Waals surface area contributed by atoms with Crippen LogP contribution in [0.25, 0.3) is 10.9 Å². The molecule has 1 aromatic heterocycles. The van der Waals surface area contributed by atoms with E-state index in [0.29, 0.717) is 19.5 Å². The van der Waals surface area contributed by atoms with Gasteiger partial charge in [0.2, 0.25) is 5.91 Å². The van der Waals surface area contributed by atoms with Crippen molar-refractivity contribution in [3.63, 3.8) is 0 Å². The lowest BCUT2D eigenvalue weighted by Gasteiger charge is -2.26. The van der Waals surface area contributed by atoms with E-state index >= 15 is 0 Å². The highest BCUT2D eigenvalue weighted by molar-refractivity contribution is 5.88. The van der Waals surface area contributed by atoms with Gasteiger partial charge in [-0.2, -0.15) is 0 Å². The van der Waals surface area contributed by atoms with Crippen LogP contribution in [0.4, 0.5) is 0 Å². The van der Waals surface area contributed by atoms with E-state index in [-0.39, 0.29) is 11.9 Å². The molecule has 5 nitrogen and oxygen atoms in total. The van der Waals surface area contributed by atoms with Gasteiger partial charge in [-0.1, -0.05) is 18.2 Å². The lowest BCUT2D eigenvalue weighted by Crippen LogP contribution is -2.44. The first kappa shape index (κ1) is 13.1. The number of aromatic nitrogens is 1. The number of aliphatic hydroxyl groups excluding tert-OH is 1. The number of nitrogens with zero attached hydrogens (tertiary/aromatic N) is 1. The molecule has 2 heterocycles. The number of aromatic amines is 1. The van der Waals surface area contributed by atoms with Crippen LogP contribution < -0.4 is 5.32 Å². The normalized spacial score (nSPS) is 22.3. The molecular formula is C15H19N3O2. The molecule has 0 unspecified atom stereocenters. The van der Waals surface area contributed by atoms with Crippen LogP contribution in [0.15, 0.2) is 30.5 Å². The van der Waals surface area contributed by atoms with E-state index in [4.69, 9.17) is 0 Å². The number of carbonyl (C=O) groups excluding carboxylic acids is 1. The van der Waals surface area contributed by atoms with Crippen LogP contribution in [0.1, 0.15) is 5.56 Å². The van der Waals surface area contributed by atoms with Crippen molar-refractivity contribution in [3.05, 3.63) is 36.0 Å².